The first kappa shape index (κ1) is 20.9. The van der Waals surface area contributed by atoms with Crippen molar-refractivity contribution in [2.45, 2.75) is 25.9 Å². The number of rotatable bonds is 7. The smallest absolute Gasteiger partial charge is 0.246 e. The molecule has 0 radical (unpaired) electrons. The number of carbonyl (C=O) groups is 1. The van der Waals surface area contributed by atoms with Crippen LogP contribution in [0.4, 0.5) is 5.69 Å². The maximum atomic E-state index is 13.3. The quantitative estimate of drug-likeness (QED) is 0.528. The Bertz CT molecular complexity index is 976. The highest BCUT2D eigenvalue weighted by atomic mass is 35.5. The Hall–Kier alpha value is -2.82. The lowest BCUT2D eigenvalue weighted by Crippen LogP contribution is -2.34. The maximum Gasteiger partial charge on any atom is 0.246 e. The van der Waals surface area contributed by atoms with Crippen molar-refractivity contribution in [2.24, 2.45) is 0 Å². The normalized spacial score (nSPS) is 12.8. The first-order chi connectivity index (χ1) is 14.0. The van der Waals surface area contributed by atoms with Crippen LogP contribution in [0, 0.1) is 6.92 Å². The molecule has 5 heteroatoms. The summed E-state index contributed by atoms with van der Waals surface area (Å²) in [5, 5.41) is 7.12. The van der Waals surface area contributed by atoms with Crippen molar-refractivity contribution in [3.8, 4) is 5.75 Å². The molecular formula is C24H25ClN2O2. The zero-order valence-electron chi connectivity index (χ0n) is 16.8. The van der Waals surface area contributed by atoms with E-state index in [2.05, 4.69) is 10.6 Å². The second kappa shape index (κ2) is 9.59. The van der Waals surface area contributed by atoms with E-state index in [-0.39, 0.29) is 11.9 Å². The van der Waals surface area contributed by atoms with Gasteiger partial charge in [-0.2, -0.15) is 0 Å². The van der Waals surface area contributed by atoms with Gasteiger partial charge >= 0.3 is 0 Å². The van der Waals surface area contributed by atoms with E-state index in [1.807, 2.05) is 86.6 Å². The number of nitrogens with one attached hydrogen (secondary N) is 2. The Morgan fingerprint density at radius 3 is 2.38 bits per heavy atom. The summed E-state index contributed by atoms with van der Waals surface area (Å²) in [6.07, 6.45) is 0. The molecule has 3 aromatic rings. The summed E-state index contributed by atoms with van der Waals surface area (Å²) < 4.78 is 5.40. The molecule has 0 bridgehead atoms. The number of methoxy groups -OCH3 is 1. The van der Waals surface area contributed by atoms with Crippen LogP contribution in [0.1, 0.15) is 35.7 Å². The Kier molecular flexibility index (Phi) is 6.91. The van der Waals surface area contributed by atoms with E-state index in [1.165, 1.54) is 0 Å². The molecule has 0 saturated heterocycles. The highest BCUT2D eigenvalue weighted by Gasteiger charge is 2.24. The zero-order valence-corrected chi connectivity index (χ0v) is 17.5. The van der Waals surface area contributed by atoms with Gasteiger partial charge in [0.1, 0.15) is 11.8 Å². The fourth-order valence-corrected chi connectivity index (χ4v) is 3.41. The number of hydrogen-bond donors (Lipinski definition) is 2. The largest absolute Gasteiger partial charge is 0.495 e. The Labute approximate surface area is 176 Å². The number of carbonyl (C=O) groups excluding carboxylic acids is 1. The van der Waals surface area contributed by atoms with Crippen LogP contribution in [0.25, 0.3) is 0 Å². The number of benzene rings is 3. The molecule has 2 N–H and O–H groups in total. The number of amides is 1. The lowest BCUT2D eigenvalue weighted by molar-refractivity contribution is -0.118. The molecule has 0 aromatic heterocycles. The second-order valence-electron chi connectivity index (χ2n) is 6.98. The molecule has 0 aliphatic heterocycles. The molecule has 29 heavy (non-hydrogen) atoms. The van der Waals surface area contributed by atoms with Gasteiger partial charge in [0.2, 0.25) is 5.91 Å². The number of hydrogen-bond acceptors (Lipinski definition) is 3. The first-order valence-corrected chi connectivity index (χ1v) is 9.87. The van der Waals surface area contributed by atoms with Gasteiger partial charge in [0.25, 0.3) is 0 Å². The van der Waals surface area contributed by atoms with Crippen LogP contribution in [-0.4, -0.2) is 13.0 Å². The molecule has 150 valence electrons. The van der Waals surface area contributed by atoms with Crippen molar-refractivity contribution in [1.29, 1.82) is 0 Å². The van der Waals surface area contributed by atoms with Crippen molar-refractivity contribution in [1.82, 2.24) is 5.32 Å². The van der Waals surface area contributed by atoms with Gasteiger partial charge in [0.15, 0.2) is 0 Å². The van der Waals surface area contributed by atoms with Crippen LogP contribution in [0.3, 0.4) is 0 Å². The van der Waals surface area contributed by atoms with Crippen molar-refractivity contribution in [3.05, 3.63) is 94.5 Å². The van der Waals surface area contributed by atoms with Gasteiger partial charge in [-0.25, -0.2) is 0 Å². The Morgan fingerprint density at radius 1 is 0.966 bits per heavy atom. The highest BCUT2D eigenvalue weighted by Crippen LogP contribution is 2.28. The number of halogens is 1. The van der Waals surface area contributed by atoms with Crippen molar-refractivity contribution >= 4 is 23.2 Å². The monoisotopic (exact) mass is 408 g/mol. The average molecular weight is 409 g/mol. The molecule has 0 fully saturated rings. The predicted octanol–water partition coefficient (Wildman–Crippen LogP) is 5.69. The van der Waals surface area contributed by atoms with Crippen LogP contribution in [0.15, 0.2) is 72.8 Å². The van der Waals surface area contributed by atoms with E-state index < -0.39 is 6.04 Å². The molecule has 4 nitrogen and oxygen atoms in total. The third kappa shape index (κ3) is 5.37. The van der Waals surface area contributed by atoms with E-state index in [0.717, 1.165) is 16.7 Å². The minimum atomic E-state index is -0.546. The van der Waals surface area contributed by atoms with Crippen LogP contribution in [0.5, 0.6) is 5.75 Å². The Morgan fingerprint density at radius 2 is 1.69 bits per heavy atom. The van der Waals surface area contributed by atoms with Gasteiger partial charge in [-0.3, -0.25) is 10.1 Å². The van der Waals surface area contributed by atoms with Crippen LogP contribution in [0.2, 0.25) is 5.02 Å². The topological polar surface area (TPSA) is 50.4 Å². The summed E-state index contributed by atoms with van der Waals surface area (Å²) in [5.41, 5.74) is 3.58. The predicted molar refractivity (Wildman–Crippen MR) is 119 cm³/mol. The molecule has 0 spiro atoms. The average Bonchev–Trinajstić information content (AvgIpc) is 2.72. The SMILES string of the molecule is COc1ccc(C)cc1NC(=O)[C@@H](N[C@@H](C)c1cccc(Cl)c1)c1ccccc1. The van der Waals surface area contributed by atoms with Gasteiger partial charge in [-0.15, -0.1) is 0 Å². The molecule has 0 unspecified atom stereocenters. The summed E-state index contributed by atoms with van der Waals surface area (Å²) in [5.74, 6) is 0.465. The third-order valence-electron chi connectivity index (χ3n) is 4.77. The second-order valence-corrected chi connectivity index (χ2v) is 7.42. The van der Waals surface area contributed by atoms with E-state index in [1.54, 1.807) is 7.11 Å². The van der Waals surface area contributed by atoms with Gasteiger partial charge in [-0.05, 0) is 54.8 Å². The van der Waals surface area contributed by atoms with Crippen molar-refractivity contribution in [3.63, 3.8) is 0 Å². The lowest BCUT2D eigenvalue weighted by atomic mass is 10.0. The van der Waals surface area contributed by atoms with Crippen LogP contribution >= 0.6 is 11.6 Å². The van der Waals surface area contributed by atoms with Crippen molar-refractivity contribution < 1.29 is 9.53 Å². The van der Waals surface area contributed by atoms with E-state index in [9.17, 15) is 4.79 Å². The van der Waals surface area contributed by atoms with Crippen LogP contribution < -0.4 is 15.4 Å². The highest BCUT2D eigenvalue weighted by molar-refractivity contribution is 6.30. The molecule has 3 rings (SSSR count). The van der Waals surface area contributed by atoms with Gasteiger partial charge < -0.3 is 10.1 Å². The first-order valence-electron chi connectivity index (χ1n) is 9.50. The minimum absolute atomic E-state index is 0.0796. The van der Waals surface area contributed by atoms with E-state index in [0.29, 0.717) is 16.5 Å². The lowest BCUT2D eigenvalue weighted by Gasteiger charge is -2.24. The molecule has 3 aromatic carbocycles. The summed E-state index contributed by atoms with van der Waals surface area (Å²) in [4.78, 5) is 13.3. The van der Waals surface area contributed by atoms with Gasteiger partial charge in [-0.1, -0.05) is 60.1 Å². The number of aryl methyl sites for hydroxylation is 1. The van der Waals surface area contributed by atoms with Gasteiger partial charge in [0, 0.05) is 11.1 Å². The standard InChI is InChI=1S/C24H25ClN2O2/c1-16-12-13-22(29-3)21(14-16)27-24(28)23(18-8-5-4-6-9-18)26-17(2)19-10-7-11-20(25)15-19/h4-15,17,23,26H,1-3H3,(H,27,28)/t17-,23-/m0/s1. The summed E-state index contributed by atoms with van der Waals surface area (Å²) in [6.45, 7) is 3.99. The van der Waals surface area contributed by atoms with E-state index in [4.69, 9.17) is 16.3 Å². The molecule has 0 heterocycles. The Balaban J connectivity index is 1.88. The fourth-order valence-electron chi connectivity index (χ4n) is 3.22. The minimum Gasteiger partial charge on any atom is -0.495 e. The molecule has 2 atom stereocenters. The molecule has 0 saturated carbocycles. The molecular weight excluding hydrogens is 384 g/mol. The molecule has 0 aliphatic rings. The zero-order chi connectivity index (χ0) is 20.8. The van der Waals surface area contributed by atoms with E-state index >= 15 is 0 Å². The van der Waals surface area contributed by atoms with Crippen LogP contribution in [-0.2, 0) is 4.79 Å². The maximum absolute atomic E-state index is 13.3. The molecule has 1 amide bonds. The third-order valence-corrected chi connectivity index (χ3v) is 5.01. The number of anilines is 1. The number of ether oxygens (including phenoxy) is 1. The molecule has 0 aliphatic carbocycles. The van der Waals surface area contributed by atoms with Gasteiger partial charge in [0.05, 0.1) is 12.8 Å². The fraction of sp³-hybridized carbons (Fsp3) is 0.208. The summed E-state index contributed by atoms with van der Waals surface area (Å²) >= 11 is 6.14. The van der Waals surface area contributed by atoms with Crippen molar-refractivity contribution in [2.75, 3.05) is 12.4 Å². The summed E-state index contributed by atoms with van der Waals surface area (Å²) in [7, 11) is 1.59. The summed E-state index contributed by atoms with van der Waals surface area (Å²) in [6, 6.07) is 22.4.